The summed E-state index contributed by atoms with van der Waals surface area (Å²) in [6.07, 6.45) is 0. The standard InChI is InChI=1S/C16H10F3IO3S/c17-16(18,19)24(21,22)14-10-4-9-13(15(14)20)23-11-5-8-12-6-2-1-3-7-12/h1-4,6-7,9-10H,11H2. The summed E-state index contributed by atoms with van der Waals surface area (Å²) < 4.78 is 66.2. The van der Waals surface area contributed by atoms with Crippen LogP contribution in [0.1, 0.15) is 5.56 Å². The summed E-state index contributed by atoms with van der Waals surface area (Å²) in [5.41, 5.74) is -4.59. The van der Waals surface area contributed by atoms with Crippen molar-refractivity contribution in [1.29, 1.82) is 0 Å². The molecule has 0 heterocycles. The number of halogens is 4. The van der Waals surface area contributed by atoms with Crippen molar-refractivity contribution in [1.82, 2.24) is 0 Å². The van der Waals surface area contributed by atoms with E-state index in [0.717, 1.165) is 11.6 Å². The van der Waals surface area contributed by atoms with Crippen molar-refractivity contribution in [3.8, 4) is 17.6 Å². The van der Waals surface area contributed by atoms with E-state index in [2.05, 4.69) is 11.8 Å². The SMILES string of the molecule is O=S(=O)(c1cccc(OCC#Cc2ccccc2)c1I)C(F)(F)F. The third-order valence-electron chi connectivity index (χ3n) is 2.83. The Labute approximate surface area is 150 Å². The summed E-state index contributed by atoms with van der Waals surface area (Å²) in [5.74, 6) is 5.58. The lowest BCUT2D eigenvalue weighted by Gasteiger charge is -2.12. The number of sulfone groups is 1. The molecule has 2 aromatic carbocycles. The van der Waals surface area contributed by atoms with Crippen molar-refractivity contribution in [3.63, 3.8) is 0 Å². The van der Waals surface area contributed by atoms with Crippen LogP contribution < -0.4 is 4.74 Å². The van der Waals surface area contributed by atoms with Crippen LogP contribution in [0.4, 0.5) is 13.2 Å². The molecule has 0 aliphatic carbocycles. The predicted molar refractivity (Wildman–Crippen MR) is 91.2 cm³/mol. The molecule has 0 aliphatic rings. The maximum atomic E-state index is 12.7. The molecule has 0 atom stereocenters. The van der Waals surface area contributed by atoms with Gasteiger partial charge in [-0.25, -0.2) is 8.42 Å². The summed E-state index contributed by atoms with van der Waals surface area (Å²) in [5, 5.41) is 0. The summed E-state index contributed by atoms with van der Waals surface area (Å²) in [6.45, 7) is -0.0829. The monoisotopic (exact) mass is 466 g/mol. The molecule has 0 bridgehead atoms. The Morgan fingerprint density at radius 1 is 1.04 bits per heavy atom. The normalized spacial score (nSPS) is 11.5. The van der Waals surface area contributed by atoms with Gasteiger partial charge in [0.25, 0.3) is 9.84 Å². The van der Waals surface area contributed by atoms with Crippen molar-refractivity contribution < 1.29 is 26.3 Å². The van der Waals surface area contributed by atoms with Crippen molar-refractivity contribution >= 4 is 32.4 Å². The van der Waals surface area contributed by atoms with Gasteiger partial charge in [0.1, 0.15) is 12.4 Å². The van der Waals surface area contributed by atoms with E-state index in [1.165, 1.54) is 34.7 Å². The number of hydrogen-bond donors (Lipinski definition) is 0. The van der Waals surface area contributed by atoms with Crippen LogP contribution in [0.2, 0.25) is 0 Å². The average molecular weight is 466 g/mol. The van der Waals surface area contributed by atoms with Crippen LogP contribution in [0.15, 0.2) is 53.4 Å². The van der Waals surface area contributed by atoms with E-state index in [4.69, 9.17) is 4.74 Å². The second-order valence-corrected chi connectivity index (χ2v) is 7.46. The number of rotatable bonds is 3. The molecule has 3 nitrogen and oxygen atoms in total. The molecule has 8 heteroatoms. The van der Waals surface area contributed by atoms with Gasteiger partial charge in [0.15, 0.2) is 0 Å². The van der Waals surface area contributed by atoms with Gasteiger partial charge in [-0.05, 0) is 46.9 Å². The number of hydrogen-bond acceptors (Lipinski definition) is 3. The van der Waals surface area contributed by atoms with Gasteiger partial charge in [-0.15, -0.1) is 0 Å². The van der Waals surface area contributed by atoms with E-state index in [0.29, 0.717) is 0 Å². The van der Waals surface area contributed by atoms with Gasteiger partial charge in [-0.2, -0.15) is 13.2 Å². The molecule has 0 spiro atoms. The maximum absolute atomic E-state index is 12.7. The van der Waals surface area contributed by atoms with E-state index in [-0.39, 0.29) is 15.9 Å². The molecule has 0 unspecified atom stereocenters. The van der Waals surface area contributed by atoms with E-state index >= 15 is 0 Å². The fourth-order valence-corrected chi connectivity index (χ4v) is 3.94. The molecule has 0 aromatic heterocycles. The lowest BCUT2D eigenvalue weighted by molar-refractivity contribution is -0.0436. The van der Waals surface area contributed by atoms with Crippen molar-refractivity contribution in [2.75, 3.05) is 6.61 Å². The quantitative estimate of drug-likeness (QED) is 0.508. The van der Waals surface area contributed by atoms with Crippen molar-refractivity contribution in [2.24, 2.45) is 0 Å². The van der Waals surface area contributed by atoms with Crippen LogP contribution in [0.5, 0.6) is 5.75 Å². The second-order valence-electron chi connectivity index (χ2n) is 4.47. The molecule has 0 saturated carbocycles. The molecule has 126 valence electrons. The minimum absolute atomic E-state index is 0.0308. The summed E-state index contributed by atoms with van der Waals surface area (Å²) in [7, 11) is -5.43. The molecular weight excluding hydrogens is 456 g/mol. The fraction of sp³-hybridized carbons (Fsp3) is 0.125. The van der Waals surface area contributed by atoms with Gasteiger partial charge < -0.3 is 4.74 Å². The zero-order valence-corrected chi connectivity index (χ0v) is 14.9. The molecule has 2 rings (SSSR count). The molecule has 2 aromatic rings. The van der Waals surface area contributed by atoms with Gasteiger partial charge in [0, 0.05) is 5.56 Å². The van der Waals surface area contributed by atoms with E-state index in [9.17, 15) is 21.6 Å². The highest BCUT2D eigenvalue weighted by Crippen LogP contribution is 2.36. The van der Waals surface area contributed by atoms with Gasteiger partial charge in [-0.1, -0.05) is 36.1 Å². The zero-order chi connectivity index (χ0) is 17.8. The molecule has 0 aliphatic heterocycles. The van der Waals surface area contributed by atoms with Crippen molar-refractivity contribution in [3.05, 3.63) is 57.7 Å². The van der Waals surface area contributed by atoms with E-state index in [1.807, 2.05) is 18.2 Å². The molecule has 0 amide bonds. The Morgan fingerprint density at radius 3 is 2.33 bits per heavy atom. The van der Waals surface area contributed by atoms with Crippen LogP contribution in [-0.4, -0.2) is 20.5 Å². The van der Waals surface area contributed by atoms with Gasteiger partial charge in [0.05, 0.1) is 8.47 Å². The minimum Gasteiger partial charge on any atom is -0.480 e. The Kier molecular flexibility index (Phi) is 5.77. The Bertz CT molecular complexity index is 882. The van der Waals surface area contributed by atoms with Gasteiger partial charge in [-0.3, -0.25) is 0 Å². The lowest BCUT2D eigenvalue weighted by atomic mass is 10.2. The third kappa shape index (κ3) is 4.21. The summed E-state index contributed by atoms with van der Waals surface area (Å²) in [6, 6.07) is 12.6. The number of ether oxygens (including phenoxy) is 1. The predicted octanol–water partition coefficient (Wildman–Crippen LogP) is 4.02. The highest BCUT2D eigenvalue weighted by atomic mass is 127. The van der Waals surface area contributed by atoms with Crippen LogP contribution in [0.25, 0.3) is 0 Å². The second kappa shape index (κ2) is 7.44. The van der Waals surface area contributed by atoms with Crippen LogP contribution >= 0.6 is 22.6 Å². The van der Waals surface area contributed by atoms with E-state index < -0.39 is 20.2 Å². The smallest absolute Gasteiger partial charge is 0.480 e. The molecule has 0 saturated heterocycles. The Morgan fingerprint density at radius 2 is 1.71 bits per heavy atom. The summed E-state index contributed by atoms with van der Waals surface area (Å²) in [4.78, 5) is -0.830. The molecular formula is C16H10F3IO3S. The van der Waals surface area contributed by atoms with Crippen LogP contribution in [0, 0.1) is 15.4 Å². The summed E-state index contributed by atoms with van der Waals surface area (Å²) >= 11 is 1.52. The van der Waals surface area contributed by atoms with Crippen molar-refractivity contribution in [2.45, 2.75) is 10.4 Å². The average Bonchev–Trinajstić information content (AvgIpc) is 2.52. The van der Waals surface area contributed by atoms with Gasteiger partial charge in [0.2, 0.25) is 0 Å². The first-order chi connectivity index (χ1) is 11.2. The Hall–Kier alpha value is -1.73. The highest BCUT2D eigenvalue weighted by Gasteiger charge is 2.48. The lowest BCUT2D eigenvalue weighted by Crippen LogP contribution is -2.24. The first-order valence-corrected chi connectivity index (χ1v) is 9.06. The molecule has 0 radical (unpaired) electrons. The molecule has 24 heavy (non-hydrogen) atoms. The highest BCUT2D eigenvalue weighted by molar-refractivity contribution is 14.1. The van der Waals surface area contributed by atoms with Gasteiger partial charge >= 0.3 is 5.51 Å². The number of benzene rings is 2. The first-order valence-electron chi connectivity index (χ1n) is 6.50. The third-order valence-corrected chi connectivity index (χ3v) is 5.84. The molecule has 0 N–H and O–H groups in total. The molecule has 0 fully saturated rings. The topological polar surface area (TPSA) is 43.4 Å². The number of alkyl halides is 3. The van der Waals surface area contributed by atoms with Crippen LogP contribution in [0.3, 0.4) is 0 Å². The Balaban J connectivity index is 2.19. The maximum Gasteiger partial charge on any atom is 0.501 e. The fourth-order valence-electron chi connectivity index (χ4n) is 1.71. The first kappa shape index (κ1) is 18.6. The minimum atomic E-state index is -5.43. The van der Waals surface area contributed by atoms with Crippen LogP contribution in [-0.2, 0) is 9.84 Å². The largest absolute Gasteiger partial charge is 0.501 e. The zero-order valence-electron chi connectivity index (χ0n) is 12.0. The van der Waals surface area contributed by atoms with E-state index in [1.54, 1.807) is 12.1 Å².